The van der Waals surface area contributed by atoms with E-state index in [1.807, 2.05) is 36.4 Å². The van der Waals surface area contributed by atoms with Crippen LogP contribution in [-0.2, 0) is 0 Å². The number of nitrogens with two attached hydrogens (primary N) is 2. The van der Waals surface area contributed by atoms with Crippen molar-refractivity contribution in [3.63, 3.8) is 0 Å². The Morgan fingerprint density at radius 3 is 2.00 bits per heavy atom. The van der Waals surface area contributed by atoms with Gasteiger partial charge in [-0.2, -0.15) is 0 Å². The number of nitrogen functional groups attached to an aromatic ring is 2. The maximum atomic E-state index is 13.1. The second-order valence-corrected chi connectivity index (χ2v) is 4.90. The van der Waals surface area contributed by atoms with Gasteiger partial charge >= 0.3 is 0 Å². The van der Waals surface area contributed by atoms with E-state index in [0.29, 0.717) is 11.4 Å². The average molecular weight is 278 g/mol. The van der Waals surface area contributed by atoms with Crippen molar-refractivity contribution in [2.24, 2.45) is 0 Å². The minimum absolute atomic E-state index is 0.247. The normalized spacial score (nSPS) is 10.5. The minimum Gasteiger partial charge on any atom is -0.399 e. The van der Waals surface area contributed by atoms with Gasteiger partial charge in [-0.15, -0.1) is 0 Å². The molecule has 0 aliphatic rings. The lowest BCUT2D eigenvalue weighted by molar-refractivity contribution is 0.628. The maximum absolute atomic E-state index is 13.1. The van der Waals surface area contributed by atoms with Crippen molar-refractivity contribution in [3.05, 3.63) is 72.5 Å². The Bertz CT molecular complexity index is 779. The molecule has 21 heavy (non-hydrogen) atoms. The first-order chi connectivity index (χ1) is 10.1. The molecule has 0 saturated heterocycles. The Balaban J connectivity index is 2.18. The summed E-state index contributed by atoms with van der Waals surface area (Å²) in [6.07, 6.45) is 0. The number of hydrogen-bond acceptors (Lipinski definition) is 2. The highest BCUT2D eigenvalue weighted by Gasteiger charge is 2.09. The summed E-state index contributed by atoms with van der Waals surface area (Å²) in [5, 5.41) is 0. The van der Waals surface area contributed by atoms with Crippen LogP contribution in [0.15, 0.2) is 66.7 Å². The number of rotatable bonds is 2. The Kier molecular flexibility index (Phi) is 3.32. The molecule has 2 nitrogen and oxygen atoms in total. The van der Waals surface area contributed by atoms with Gasteiger partial charge < -0.3 is 11.5 Å². The fraction of sp³-hybridized carbons (Fsp3) is 0. The van der Waals surface area contributed by atoms with Crippen LogP contribution in [0.1, 0.15) is 0 Å². The average Bonchev–Trinajstić information content (AvgIpc) is 2.48. The van der Waals surface area contributed by atoms with Crippen molar-refractivity contribution in [2.45, 2.75) is 0 Å². The lowest BCUT2D eigenvalue weighted by Crippen LogP contribution is -1.94. The predicted octanol–water partition coefficient (Wildman–Crippen LogP) is 4.32. The van der Waals surface area contributed by atoms with Crippen LogP contribution in [0.2, 0.25) is 0 Å². The van der Waals surface area contributed by atoms with Gasteiger partial charge in [0.1, 0.15) is 5.82 Å². The molecule has 0 aliphatic heterocycles. The third-order valence-electron chi connectivity index (χ3n) is 3.45. The van der Waals surface area contributed by atoms with Gasteiger partial charge in [-0.25, -0.2) is 4.39 Å². The highest BCUT2D eigenvalue weighted by Crippen LogP contribution is 2.35. The van der Waals surface area contributed by atoms with E-state index in [2.05, 4.69) is 0 Å². The van der Waals surface area contributed by atoms with Crippen molar-refractivity contribution >= 4 is 11.4 Å². The highest BCUT2D eigenvalue weighted by atomic mass is 19.1. The van der Waals surface area contributed by atoms with Gasteiger partial charge in [0.15, 0.2) is 0 Å². The molecule has 3 aromatic carbocycles. The fourth-order valence-corrected chi connectivity index (χ4v) is 2.43. The Labute approximate surface area is 122 Å². The molecule has 0 saturated carbocycles. The third-order valence-corrected chi connectivity index (χ3v) is 3.45. The van der Waals surface area contributed by atoms with Crippen molar-refractivity contribution < 1.29 is 4.39 Å². The molecule has 3 heteroatoms. The third kappa shape index (κ3) is 2.58. The summed E-state index contributed by atoms with van der Waals surface area (Å²) in [4.78, 5) is 0. The van der Waals surface area contributed by atoms with E-state index < -0.39 is 0 Å². The van der Waals surface area contributed by atoms with E-state index in [9.17, 15) is 4.39 Å². The zero-order valence-corrected chi connectivity index (χ0v) is 11.4. The first kappa shape index (κ1) is 13.2. The summed E-state index contributed by atoms with van der Waals surface area (Å²) in [6, 6.07) is 19.8. The van der Waals surface area contributed by atoms with Crippen LogP contribution in [0.4, 0.5) is 15.8 Å². The monoisotopic (exact) mass is 278 g/mol. The van der Waals surface area contributed by atoms with Crippen molar-refractivity contribution in [1.29, 1.82) is 0 Å². The fourth-order valence-electron chi connectivity index (χ4n) is 2.43. The van der Waals surface area contributed by atoms with Crippen molar-refractivity contribution in [2.75, 3.05) is 11.5 Å². The van der Waals surface area contributed by atoms with Gasteiger partial charge in [0.2, 0.25) is 0 Å². The topological polar surface area (TPSA) is 52.0 Å². The molecule has 4 N–H and O–H groups in total. The Hall–Kier alpha value is -2.81. The van der Waals surface area contributed by atoms with Crippen LogP contribution in [0.3, 0.4) is 0 Å². The first-order valence-corrected chi connectivity index (χ1v) is 6.65. The SMILES string of the molecule is Nc1ccc(-c2ccccc2-c2ccc(F)cc2)c(N)c1. The van der Waals surface area contributed by atoms with Crippen LogP contribution in [0.25, 0.3) is 22.3 Å². The molecule has 3 rings (SSSR count). The number of hydrogen-bond donors (Lipinski definition) is 2. The van der Waals surface area contributed by atoms with E-state index in [-0.39, 0.29) is 5.82 Å². The quantitative estimate of drug-likeness (QED) is 0.686. The molecule has 104 valence electrons. The second kappa shape index (κ2) is 5.29. The standard InChI is InChI=1S/C18H15FN2/c19-13-7-5-12(6-8-13)15-3-1-2-4-16(15)17-10-9-14(20)11-18(17)21/h1-11H,20-21H2. The summed E-state index contributed by atoms with van der Waals surface area (Å²) in [6.45, 7) is 0. The molecule has 0 spiro atoms. The molecule has 0 fully saturated rings. The van der Waals surface area contributed by atoms with Crippen LogP contribution in [-0.4, -0.2) is 0 Å². The van der Waals surface area contributed by atoms with E-state index in [0.717, 1.165) is 22.3 Å². The summed E-state index contributed by atoms with van der Waals surface area (Å²) in [7, 11) is 0. The zero-order valence-electron chi connectivity index (χ0n) is 11.4. The smallest absolute Gasteiger partial charge is 0.123 e. The van der Waals surface area contributed by atoms with Gasteiger partial charge in [0.05, 0.1) is 0 Å². The summed E-state index contributed by atoms with van der Waals surface area (Å²) in [5.74, 6) is -0.247. The molecule has 0 aromatic heterocycles. The molecular weight excluding hydrogens is 263 g/mol. The number of benzene rings is 3. The molecule has 0 bridgehead atoms. The van der Waals surface area contributed by atoms with Crippen LogP contribution in [0.5, 0.6) is 0 Å². The number of anilines is 2. The minimum atomic E-state index is -0.247. The molecule has 0 amide bonds. The Morgan fingerprint density at radius 2 is 1.33 bits per heavy atom. The van der Waals surface area contributed by atoms with E-state index in [4.69, 9.17) is 11.5 Å². The molecule has 0 heterocycles. The lowest BCUT2D eigenvalue weighted by atomic mass is 9.93. The van der Waals surface area contributed by atoms with Gasteiger partial charge in [0.25, 0.3) is 0 Å². The van der Waals surface area contributed by atoms with E-state index in [1.54, 1.807) is 18.2 Å². The summed E-state index contributed by atoms with van der Waals surface area (Å²) >= 11 is 0. The Morgan fingerprint density at radius 1 is 0.667 bits per heavy atom. The zero-order chi connectivity index (χ0) is 14.8. The van der Waals surface area contributed by atoms with E-state index >= 15 is 0 Å². The molecule has 3 aromatic rings. The highest BCUT2D eigenvalue weighted by molar-refractivity contribution is 5.89. The van der Waals surface area contributed by atoms with Crippen molar-refractivity contribution in [1.82, 2.24) is 0 Å². The lowest BCUT2D eigenvalue weighted by Gasteiger charge is -2.12. The van der Waals surface area contributed by atoms with Gasteiger partial charge in [-0.1, -0.05) is 42.5 Å². The van der Waals surface area contributed by atoms with Gasteiger partial charge in [-0.3, -0.25) is 0 Å². The van der Waals surface area contributed by atoms with E-state index in [1.165, 1.54) is 12.1 Å². The summed E-state index contributed by atoms with van der Waals surface area (Å²) < 4.78 is 13.1. The first-order valence-electron chi connectivity index (χ1n) is 6.65. The van der Waals surface area contributed by atoms with Crippen LogP contribution >= 0.6 is 0 Å². The molecule has 0 aliphatic carbocycles. The maximum Gasteiger partial charge on any atom is 0.123 e. The number of halogens is 1. The molecule has 0 unspecified atom stereocenters. The van der Waals surface area contributed by atoms with Crippen molar-refractivity contribution in [3.8, 4) is 22.3 Å². The summed E-state index contributed by atoms with van der Waals surface area (Å²) in [5.41, 5.74) is 17.0. The van der Waals surface area contributed by atoms with Gasteiger partial charge in [-0.05, 0) is 41.0 Å². The van der Waals surface area contributed by atoms with Crippen LogP contribution < -0.4 is 11.5 Å². The molecule has 0 radical (unpaired) electrons. The van der Waals surface area contributed by atoms with Gasteiger partial charge in [0, 0.05) is 16.9 Å². The largest absolute Gasteiger partial charge is 0.399 e. The van der Waals surface area contributed by atoms with Crippen LogP contribution in [0, 0.1) is 5.82 Å². The molecular formula is C18H15FN2. The second-order valence-electron chi connectivity index (χ2n) is 4.90. The predicted molar refractivity (Wildman–Crippen MR) is 86.1 cm³/mol. The molecule has 0 atom stereocenters.